The van der Waals surface area contributed by atoms with Gasteiger partial charge < -0.3 is 14.2 Å². The summed E-state index contributed by atoms with van der Waals surface area (Å²) in [5.41, 5.74) is 0. The highest BCUT2D eigenvalue weighted by Crippen LogP contribution is 2.15. The van der Waals surface area contributed by atoms with E-state index >= 15 is 0 Å². The first-order chi connectivity index (χ1) is 33.0. The van der Waals surface area contributed by atoms with Crippen LogP contribution < -0.4 is 0 Å². The fourth-order valence-electron chi connectivity index (χ4n) is 8.08. The summed E-state index contributed by atoms with van der Waals surface area (Å²) in [5.74, 6) is -0.951. The molecular weight excluding hydrogens is 829 g/mol. The minimum atomic E-state index is -0.803. The van der Waals surface area contributed by atoms with Crippen LogP contribution in [-0.4, -0.2) is 37.2 Å². The lowest BCUT2D eigenvalue weighted by atomic mass is 10.0. The lowest BCUT2D eigenvalue weighted by molar-refractivity contribution is -0.167. The van der Waals surface area contributed by atoms with E-state index in [0.29, 0.717) is 19.3 Å². The van der Waals surface area contributed by atoms with Crippen LogP contribution in [0.25, 0.3) is 0 Å². The van der Waals surface area contributed by atoms with E-state index in [1.807, 2.05) is 0 Å². The Morgan fingerprint density at radius 2 is 0.567 bits per heavy atom. The van der Waals surface area contributed by atoms with Crippen molar-refractivity contribution < 1.29 is 28.6 Å². The average Bonchev–Trinajstić information content (AvgIpc) is 3.33. The predicted molar refractivity (Wildman–Crippen MR) is 288 cm³/mol. The number of allylic oxidation sites excluding steroid dienone is 10. The molecule has 0 heterocycles. The first-order valence-corrected chi connectivity index (χ1v) is 28.8. The zero-order valence-electron chi connectivity index (χ0n) is 44.4. The fraction of sp³-hybridized carbons (Fsp3) is 0.787. The van der Waals surface area contributed by atoms with Crippen molar-refractivity contribution in [3.63, 3.8) is 0 Å². The second kappa shape index (κ2) is 55.7. The smallest absolute Gasteiger partial charge is 0.306 e. The van der Waals surface area contributed by atoms with Crippen molar-refractivity contribution in [2.45, 2.75) is 297 Å². The minimum Gasteiger partial charge on any atom is -0.462 e. The maximum absolute atomic E-state index is 12.8. The van der Waals surface area contributed by atoms with Crippen molar-refractivity contribution in [2.75, 3.05) is 13.2 Å². The third-order valence-corrected chi connectivity index (χ3v) is 12.5. The molecule has 6 nitrogen and oxygen atoms in total. The van der Waals surface area contributed by atoms with Crippen LogP contribution in [0.3, 0.4) is 0 Å². The average molecular weight is 938 g/mol. The van der Waals surface area contributed by atoms with Crippen LogP contribution in [0.15, 0.2) is 60.8 Å². The molecule has 0 aromatic rings. The Balaban J connectivity index is 4.36. The van der Waals surface area contributed by atoms with Crippen LogP contribution in [-0.2, 0) is 28.6 Å². The summed E-state index contributed by atoms with van der Waals surface area (Å²) in [4.78, 5) is 38.1. The topological polar surface area (TPSA) is 78.9 Å². The fourth-order valence-corrected chi connectivity index (χ4v) is 8.08. The zero-order chi connectivity index (χ0) is 48.6. The van der Waals surface area contributed by atoms with Crippen molar-refractivity contribution >= 4 is 17.9 Å². The molecular formula is C61H108O6. The Morgan fingerprint density at radius 3 is 0.940 bits per heavy atom. The molecule has 0 radical (unpaired) electrons. The van der Waals surface area contributed by atoms with Crippen molar-refractivity contribution in [2.24, 2.45) is 0 Å². The van der Waals surface area contributed by atoms with Crippen LogP contribution in [0, 0.1) is 0 Å². The molecule has 0 N–H and O–H groups in total. The largest absolute Gasteiger partial charge is 0.462 e. The highest BCUT2D eigenvalue weighted by atomic mass is 16.6. The number of ether oxygens (including phenoxy) is 3. The zero-order valence-corrected chi connectivity index (χ0v) is 44.4. The second-order valence-corrected chi connectivity index (χ2v) is 19.2. The van der Waals surface area contributed by atoms with Gasteiger partial charge >= 0.3 is 17.9 Å². The first-order valence-electron chi connectivity index (χ1n) is 28.8. The molecule has 0 saturated heterocycles. The van der Waals surface area contributed by atoms with Crippen molar-refractivity contribution in [3.05, 3.63) is 60.8 Å². The lowest BCUT2D eigenvalue weighted by Crippen LogP contribution is -2.30. The number of rotatable bonds is 52. The quantitative estimate of drug-likeness (QED) is 0.0262. The summed E-state index contributed by atoms with van der Waals surface area (Å²) < 4.78 is 16.8. The van der Waals surface area contributed by atoms with E-state index in [0.717, 1.165) is 64.2 Å². The van der Waals surface area contributed by atoms with Gasteiger partial charge in [-0.3, -0.25) is 14.4 Å². The van der Waals surface area contributed by atoms with E-state index in [9.17, 15) is 14.4 Å². The Bertz CT molecular complexity index is 1210. The molecule has 0 aliphatic heterocycles. The van der Waals surface area contributed by atoms with Gasteiger partial charge in [0.05, 0.1) is 0 Å². The van der Waals surface area contributed by atoms with Crippen LogP contribution in [0.5, 0.6) is 0 Å². The Labute approximate surface area is 415 Å². The normalized spacial score (nSPS) is 12.5. The van der Waals surface area contributed by atoms with Gasteiger partial charge in [0.25, 0.3) is 0 Å². The van der Waals surface area contributed by atoms with E-state index in [1.54, 1.807) is 0 Å². The van der Waals surface area contributed by atoms with Gasteiger partial charge in [-0.05, 0) is 96.3 Å². The number of hydrogen-bond donors (Lipinski definition) is 0. The van der Waals surface area contributed by atoms with Crippen LogP contribution in [0.1, 0.15) is 290 Å². The Morgan fingerprint density at radius 1 is 0.299 bits per heavy atom. The number of esters is 3. The van der Waals surface area contributed by atoms with Gasteiger partial charge in [-0.2, -0.15) is 0 Å². The number of unbranched alkanes of at least 4 members (excludes halogenated alkanes) is 31. The molecule has 0 fully saturated rings. The summed E-state index contributed by atoms with van der Waals surface area (Å²) >= 11 is 0. The lowest BCUT2D eigenvalue weighted by Gasteiger charge is -2.18. The SMILES string of the molecule is CCCC/C=C\CCCCCCCC(=O)OC[C@@H](COC(=O)CCCCCCCCCCCCC/C=C\CCCCCCCC)OC(=O)CCC/C=C\C/C=C\C/C=C\CCCCCCCC. The van der Waals surface area contributed by atoms with Gasteiger partial charge in [-0.1, -0.05) is 236 Å². The summed E-state index contributed by atoms with van der Waals surface area (Å²) in [7, 11) is 0. The van der Waals surface area contributed by atoms with E-state index in [4.69, 9.17) is 14.2 Å². The highest BCUT2D eigenvalue weighted by Gasteiger charge is 2.19. The van der Waals surface area contributed by atoms with Crippen LogP contribution in [0.4, 0.5) is 0 Å². The predicted octanol–water partition coefficient (Wildman–Crippen LogP) is 19.2. The van der Waals surface area contributed by atoms with Gasteiger partial charge in [0.1, 0.15) is 13.2 Å². The molecule has 67 heavy (non-hydrogen) atoms. The van der Waals surface area contributed by atoms with E-state index in [-0.39, 0.29) is 37.5 Å². The summed E-state index contributed by atoms with van der Waals surface area (Å²) in [5, 5.41) is 0. The summed E-state index contributed by atoms with van der Waals surface area (Å²) in [6, 6.07) is 0. The highest BCUT2D eigenvalue weighted by molar-refractivity contribution is 5.71. The Kier molecular flexibility index (Phi) is 53.3. The maximum atomic E-state index is 12.8. The maximum Gasteiger partial charge on any atom is 0.306 e. The first kappa shape index (κ1) is 64.1. The van der Waals surface area contributed by atoms with Gasteiger partial charge in [0.15, 0.2) is 6.10 Å². The van der Waals surface area contributed by atoms with Gasteiger partial charge in [-0.15, -0.1) is 0 Å². The molecule has 1 atom stereocenters. The molecule has 0 unspecified atom stereocenters. The third-order valence-electron chi connectivity index (χ3n) is 12.5. The molecule has 0 amide bonds. The molecule has 0 aromatic heterocycles. The third kappa shape index (κ3) is 53.9. The van der Waals surface area contributed by atoms with E-state index in [2.05, 4.69) is 81.5 Å². The van der Waals surface area contributed by atoms with Crippen LogP contribution in [0.2, 0.25) is 0 Å². The number of hydrogen-bond acceptors (Lipinski definition) is 6. The van der Waals surface area contributed by atoms with Crippen molar-refractivity contribution in [1.29, 1.82) is 0 Å². The standard InChI is InChI=1S/C61H108O6/c1-4-7-10-13-16-19-22-24-26-28-29-30-31-33-34-36-39-42-45-48-51-54-60(63)66-57-58(56-65-59(62)53-50-47-44-41-38-21-18-15-12-9-6-3)67-61(64)55-52-49-46-43-40-37-35-32-27-25-23-20-17-14-11-8-5-2/h15,18,24-27,35,37,43,46,58H,4-14,16-17,19-23,28-34,36,38-42,44-45,47-57H2,1-3H3/b18-15-,26-24-,27-25-,37-35-,46-43-/t58-/m0/s1. The Hall–Kier alpha value is -2.89. The minimum absolute atomic E-state index is 0.0961. The van der Waals surface area contributed by atoms with Gasteiger partial charge in [0, 0.05) is 19.3 Å². The molecule has 0 rings (SSSR count). The van der Waals surface area contributed by atoms with E-state index in [1.165, 1.54) is 180 Å². The second-order valence-electron chi connectivity index (χ2n) is 19.2. The van der Waals surface area contributed by atoms with Crippen molar-refractivity contribution in [3.8, 4) is 0 Å². The molecule has 0 aliphatic carbocycles. The van der Waals surface area contributed by atoms with Crippen molar-refractivity contribution in [1.82, 2.24) is 0 Å². The van der Waals surface area contributed by atoms with Crippen LogP contribution >= 0.6 is 0 Å². The molecule has 0 saturated carbocycles. The van der Waals surface area contributed by atoms with Gasteiger partial charge in [-0.25, -0.2) is 0 Å². The number of carbonyl (C=O) groups excluding carboxylic acids is 3. The monoisotopic (exact) mass is 937 g/mol. The number of carbonyl (C=O) groups is 3. The summed E-state index contributed by atoms with van der Waals surface area (Å²) in [6.07, 6.45) is 69.4. The molecule has 6 heteroatoms. The molecule has 0 bridgehead atoms. The van der Waals surface area contributed by atoms with E-state index < -0.39 is 6.10 Å². The molecule has 0 spiro atoms. The molecule has 0 aromatic carbocycles. The molecule has 0 aliphatic rings. The molecule has 388 valence electrons. The van der Waals surface area contributed by atoms with Gasteiger partial charge in [0.2, 0.25) is 0 Å². The summed E-state index contributed by atoms with van der Waals surface area (Å²) in [6.45, 7) is 6.56.